The van der Waals surface area contributed by atoms with E-state index in [1.165, 1.54) is 44.4 Å². The molecule has 0 atom stereocenters. The standard InChI is InChI=1S/C21H17Cl2FN4O3/c1-21(2,31)9-17-18(12-3-4-16(24)15(23)7-12)19(29)28(20(30)27(17)6-5-25)14-8-13(22)10-26-11-14/h3-4,7-8,10-11,31H,6,9H2,1-2H3. The van der Waals surface area contributed by atoms with Crippen LogP contribution in [0.1, 0.15) is 19.5 Å². The van der Waals surface area contributed by atoms with Gasteiger partial charge in [-0.15, -0.1) is 0 Å². The molecule has 31 heavy (non-hydrogen) atoms. The quantitative estimate of drug-likeness (QED) is 0.626. The molecule has 0 fully saturated rings. The van der Waals surface area contributed by atoms with E-state index in [-0.39, 0.29) is 45.5 Å². The summed E-state index contributed by atoms with van der Waals surface area (Å²) in [4.78, 5) is 30.7. The molecule has 160 valence electrons. The summed E-state index contributed by atoms with van der Waals surface area (Å²) in [5, 5.41) is 19.7. The second-order valence-electron chi connectivity index (χ2n) is 7.47. The molecule has 0 aliphatic carbocycles. The van der Waals surface area contributed by atoms with Gasteiger partial charge in [-0.1, -0.05) is 29.3 Å². The Labute approximate surface area is 186 Å². The molecule has 0 amide bonds. The molecule has 0 unspecified atom stereocenters. The molecule has 2 heterocycles. The molecule has 3 rings (SSSR count). The Morgan fingerprint density at radius 1 is 1.23 bits per heavy atom. The van der Waals surface area contributed by atoms with Gasteiger partial charge >= 0.3 is 5.69 Å². The zero-order valence-corrected chi connectivity index (χ0v) is 18.1. The van der Waals surface area contributed by atoms with Crippen molar-refractivity contribution in [1.82, 2.24) is 14.1 Å². The summed E-state index contributed by atoms with van der Waals surface area (Å²) in [7, 11) is 0. The van der Waals surface area contributed by atoms with Crippen LogP contribution in [-0.4, -0.2) is 24.8 Å². The summed E-state index contributed by atoms with van der Waals surface area (Å²) >= 11 is 11.9. The fraction of sp³-hybridized carbons (Fsp3) is 0.238. The smallest absolute Gasteiger partial charge is 0.336 e. The monoisotopic (exact) mass is 462 g/mol. The van der Waals surface area contributed by atoms with Crippen LogP contribution in [0.2, 0.25) is 10.0 Å². The largest absolute Gasteiger partial charge is 0.390 e. The van der Waals surface area contributed by atoms with Crippen molar-refractivity contribution in [2.75, 3.05) is 0 Å². The third-order valence-electron chi connectivity index (χ3n) is 4.44. The Morgan fingerprint density at radius 2 is 1.94 bits per heavy atom. The number of aliphatic hydroxyl groups is 1. The van der Waals surface area contributed by atoms with Gasteiger partial charge in [0.05, 0.1) is 39.2 Å². The Kier molecular flexibility index (Phi) is 6.32. The predicted molar refractivity (Wildman–Crippen MR) is 115 cm³/mol. The minimum absolute atomic E-state index is 0.00106. The maximum absolute atomic E-state index is 13.8. The molecule has 0 saturated heterocycles. The Morgan fingerprint density at radius 3 is 2.52 bits per heavy atom. The first-order chi connectivity index (χ1) is 14.5. The summed E-state index contributed by atoms with van der Waals surface area (Å²) < 4.78 is 15.7. The number of hydrogen-bond acceptors (Lipinski definition) is 5. The average Bonchev–Trinajstić information content (AvgIpc) is 2.67. The summed E-state index contributed by atoms with van der Waals surface area (Å²) in [6.07, 6.45) is 2.49. The molecule has 0 aliphatic heterocycles. The minimum atomic E-state index is -1.32. The second kappa shape index (κ2) is 8.63. The van der Waals surface area contributed by atoms with E-state index >= 15 is 0 Å². The first-order valence-corrected chi connectivity index (χ1v) is 9.83. The van der Waals surface area contributed by atoms with Crippen LogP contribution in [0.15, 0.2) is 46.2 Å². The number of benzene rings is 1. The van der Waals surface area contributed by atoms with Gasteiger partial charge in [-0.2, -0.15) is 5.26 Å². The highest BCUT2D eigenvalue weighted by Gasteiger charge is 2.26. The molecule has 0 radical (unpaired) electrons. The van der Waals surface area contributed by atoms with Crippen molar-refractivity contribution in [1.29, 1.82) is 5.26 Å². The third kappa shape index (κ3) is 4.69. The van der Waals surface area contributed by atoms with Gasteiger partial charge in [0.1, 0.15) is 12.4 Å². The van der Waals surface area contributed by atoms with Crippen molar-refractivity contribution in [3.05, 3.63) is 79.1 Å². The first kappa shape index (κ1) is 22.7. The van der Waals surface area contributed by atoms with Gasteiger partial charge in [0.2, 0.25) is 0 Å². The average molecular weight is 463 g/mol. The minimum Gasteiger partial charge on any atom is -0.390 e. The van der Waals surface area contributed by atoms with Crippen molar-refractivity contribution >= 4 is 23.2 Å². The number of rotatable bonds is 5. The zero-order valence-electron chi connectivity index (χ0n) is 16.6. The van der Waals surface area contributed by atoms with Crippen molar-refractivity contribution in [2.45, 2.75) is 32.4 Å². The zero-order chi connectivity index (χ0) is 22.9. The number of nitrogens with zero attached hydrogens (tertiary/aromatic N) is 4. The Bertz CT molecular complexity index is 1320. The maximum Gasteiger partial charge on any atom is 0.336 e. The summed E-state index contributed by atoms with van der Waals surface area (Å²) in [5.74, 6) is -0.681. The van der Waals surface area contributed by atoms with Gasteiger partial charge in [-0.3, -0.25) is 14.3 Å². The molecule has 0 spiro atoms. The van der Waals surface area contributed by atoms with Gasteiger partial charge in [0, 0.05) is 18.3 Å². The summed E-state index contributed by atoms with van der Waals surface area (Å²) in [6, 6.07) is 6.97. The highest BCUT2D eigenvalue weighted by Crippen LogP contribution is 2.27. The van der Waals surface area contributed by atoms with Crippen LogP contribution in [0.25, 0.3) is 16.8 Å². The normalized spacial score (nSPS) is 11.4. The number of pyridine rings is 1. The van der Waals surface area contributed by atoms with Crippen LogP contribution < -0.4 is 11.2 Å². The van der Waals surface area contributed by atoms with E-state index < -0.39 is 22.7 Å². The van der Waals surface area contributed by atoms with Crippen LogP contribution in [0.3, 0.4) is 0 Å². The topological polar surface area (TPSA) is 101 Å². The lowest BCUT2D eigenvalue weighted by molar-refractivity contribution is 0.0788. The summed E-state index contributed by atoms with van der Waals surface area (Å²) in [6.45, 7) is 2.62. The van der Waals surface area contributed by atoms with E-state index in [4.69, 9.17) is 23.2 Å². The number of halogens is 3. The molecule has 2 aromatic heterocycles. The van der Waals surface area contributed by atoms with E-state index in [0.717, 1.165) is 15.2 Å². The van der Waals surface area contributed by atoms with Crippen molar-refractivity contribution in [2.24, 2.45) is 0 Å². The molecule has 7 nitrogen and oxygen atoms in total. The first-order valence-electron chi connectivity index (χ1n) is 9.08. The summed E-state index contributed by atoms with van der Waals surface area (Å²) in [5.41, 5.74) is -2.42. The number of hydrogen-bond donors (Lipinski definition) is 1. The van der Waals surface area contributed by atoms with Crippen molar-refractivity contribution in [3.8, 4) is 22.9 Å². The van der Waals surface area contributed by atoms with E-state index in [9.17, 15) is 24.3 Å². The maximum atomic E-state index is 13.8. The highest BCUT2D eigenvalue weighted by molar-refractivity contribution is 6.31. The molecular weight excluding hydrogens is 446 g/mol. The lowest BCUT2D eigenvalue weighted by Gasteiger charge is -2.23. The lowest BCUT2D eigenvalue weighted by Crippen LogP contribution is -2.43. The van der Waals surface area contributed by atoms with Crippen LogP contribution in [0.5, 0.6) is 0 Å². The van der Waals surface area contributed by atoms with Gasteiger partial charge in [0.15, 0.2) is 0 Å². The van der Waals surface area contributed by atoms with E-state index in [1.807, 2.05) is 6.07 Å². The van der Waals surface area contributed by atoms with Crippen LogP contribution in [0.4, 0.5) is 4.39 Å². The molecule has 0 aliphatic rings. The Balaban J connectivity index is 2.51. The molecule has 1 N–H and O–H groups in total. The van der Waals surface area contributed by atoms with Crippen LogP contribution >= 0.6 is 23.2 Å². The molecular formula is C21H17Cl2FN4O3. The number of aromatic nitrogens is 3. The number of nitriles is 1. The molecule has 0 bridgehead atoms. The van der Waals surface area contributed by atoms with Crippen LogP contribution in [0, 0.1) is 17.1 Å². The molecule has 10 heteroatoms. The SMILES string of the molecule is CC(C)(O)Cc1c(-c2ccc(F)c(Cl)c2)c(=O)n(-c2cncc(Cl)c2)c(=O)n1CC#N. The predicted octanol–water partition coefficient (Wildman–Crippen LogP) is 3.34. The third-order valence-corrected chi connectivity index (χ3v) is 4.94. The lowest BCUT2D eigenvalue weighted by atomic mass is 9.95. The van der Waals surface area contributed by atoms with Crippen molar-refractivity contribution in [3.63, 3.8) is 0 Å². The van der Waals surface area contributed by atoms with Crippen LogP contribution in [-0.2, 0) is 13.0 Å². The van der Waals surface area contributed by atoms with E-state index in [0.29, 0.717) is 0 Å². The second-order valence-corrected chi connectivity index (χ2v) is 8.31. The van der Waals surface area contributed by atoms with E-state index in [1.54, 1.807) is 0 Å². The van der Waals surface area contributed by atoms with Crippen molar-refractivity contribution < 1.29 is 9.50 Å². The van der Waals surface area contributed by atoms with Gasteiger partial charge in [-0.05, 0) is 37.6 Å². The molecule has 1 aromatic carbocycles. The van der Waals surface area contributed by atoms with Gasteiger partial charge in [-0.25, -0.2) is 13.8 Å². The fourth-order valence-corrected chi connectivity index (χ4v) is 3.56. The fourth-order valence-electron chi connectivity index (χ4n) is 3.21. The van der Waals surface area contributed by atoms with Gasteiger partial charge < -0.3 is 5.11 Å². The molecule has 0 saturated carbocycles. The van der Waals surface area contributed by atoms with E-state index in [2.05, 4.69) is 4.98 Å². The molecule has 3 aromatic rings. The Hall–Kier alpha value is -2.99. The highest BCUT2D eigenvalue weighted by atomic mass is 35.5. The van der Waals surface area contributed by atoms with Gasteiger partial charge in [0.25, 0.3) is 5.56 Å².